The third-order valence-electron chi connectivity index (χ3n) is 4.52. The maximum atomic E-state index is 12.5. The van der Waals surface area contributed by atoms with Gasteiger partial charge in [0.1, 0.15) is 5.75 Å². The van der Waals surface area contributed by atoms with E-state index in [1.165, 1.54) is 23.1 Å². The zero-order chi connectivity index (χ0) is 23.2. The largest absolute Gasteiger partial charge is 0.494 e. The molecule has 9 heteroatoms. The van der Waals surface area contributed by atoms with Crippen molar-refractivity contribution in [2.24, 2.45) is 0 Å². The lowest BCUT2D eigenvalue weighted by Gasteiger charge is -2.06. The Bertz CT molecular complexity index is 1290. The van der Waals surface area contributed by atoms with E-state index in [-0.39, 0.29) is 17.6 Å². The molecule has 0 saturated carbocycles. The first-order chi connectivity index (χ1) is 16.0. The summed E-state index contributed by atoms with van der Waals surface area (Å²) in [6.07, 6.45) is 0. The van der Waals surface area contributed by atoms with Gasteiger partial charge in [-0.1, -0.05) is 35.5 Å². The van der Waals surface area contributed by atoms with Gasteiger partial charge in [-0.15, -0.1) is 11.3 Å². The van der Waals surface area contributed by atoms with E-state index in [0.717, 1.165) is 20.3 Å². The van der Waals surface area contributed by atoms with E-state index in [4.69, 9.17) is 16.3 Å². The molecule has 0 spiro atoms. The number of nitrogens with one attached hydrogen (secondary N) is 2. The van der Waals surface area contributed by atoms with Gasteiger partial charge in [0.2, 0.25) is 5.91 Å². The maximum absolute atomic E-state index is 12.5. The third-order valence-corrected chi connectivity index (χ3v) is 7.01. The normalized spacial score (nSPS) is 10.7. The SMILES string of the molecule is CCOc1ccc(NC(=O)CSc2nc3ccc(NC(=O)c4ccccc4Cl)cc3s2)cc1. The van der Waals surface area contributed by atoms with Crippen molar-refractivity contribution in [1.82, 2.24) is 4.98 Å². The van der Waals surface area contributed by atoms with Crippen LogP contribution in [0.1, 0.15) is 17.3 Å². The second-order valence-corrected chi connectivity index (χ2v) is 9.55. The topological polar surface area (TPSA) is 80.3 Å². The Morgan fingerprint density at radius 3 is 2.55 bits per heavy atom. The number of hydrogen-bond acceptors (Lipinski definition) is 6. The van der Waals surface area contributed by atoms with Crippen molar-refractivity contribution in [2.75, 3.05) is 23.0 Å². The number of hydrogen-bond donors (Lipinski definition) is 2. The molecule has 6 nitrogen and oxygen atoms in total. The molecular formula is C24H20ClN3O3S2. The Morgan fingerprint density at radius 2 is 1.79 bits per heavy atom. The minimum absolute atomic E-state index is 0.115. The van der Waals surface area contributed by atoms with Crippen LogP contribution in [-0.4, -0.2) is 29.2 Å². The van der Waals surface area contributed by atoms with Crippen molar-refractivity contribution in [3.63, 3.8) is 0 Å². The van der Waals surface area contributed by atoms with Crippen LogP contribution in [0.15, 0.2) is 71.1 Å². The Balaban J connectivity index is 1.35. The summed E-state index contributed by atoms with van der Waals surface area (Å²) in [5, 5.41) is 6.13. The second-order valence-electron chi connectivity index (χ2n) is 6.89. The van der Waals surface area contributed by atoms with Crippen molar-refractivity contribution in [2.45, 2.75) is 11.3 Å². The summed E-state index contributed by atoms with van der Waals surface area (Å²) in [7, 11) is 0. The fourth-order valence-electron chi connectivity index (χ4n) is 3.01. The van der Waals surface area contributed by atoms with Crippen LogP contribution in [0.2, 0.25) is 5.02 Å². The number of aromatic nitrogens is 1. The van der Waals surface area contributed by atoms with E-state index in [1.54, 1.807) is 30.3 Å². The number of amides is 2. The van der Waals surface area contributed by atoms with Crippen LogP contribution >= 0.6 is 34.7 Å². The fourth-order valence-corrected chi connectivity index (χ4v) is 5.14. The van der Waals surface area contributed by atoms with Crippen LogP contribution in [0, 0.1) is 0 Å². The smallest absolute Gasteiger partial charge is 0.257 e. The molecule has 4 rings (SSSR count). The van der Waals surface area contributed by atoms with Gasteiger partial charge in [-0.2, -0.15) is 0 Å². The standard InChI is InChI=1S/C24H20ClN3O3S2/c1-2-31-17-10-7-15(8-11-17)26-22(29)14-32-24-28-20-12-9-16(13-21(20)33-24)27-23(30)18-5-3-4-6-19(18)25/h3-13H,2,14H2,1H3,(H,26,29)(H,27,30). The fraction of sp³-hybridized carbons (Fsp3) is 0.125. The van der Waals surface area contributed by atoms with E-state index >= 15 is 0 Å². The number of ether oxygens (including phenoxy) is 1. The quantitative estimate of drug-likeness (QED) is 0.278. The summed E-state index contributed by atoms with van der Waals surface area (Å²) in [5.74, 6) is 0.617. The van der Waals surface area contributed by atoms with Gasteiger partial charge in [-0.3, -0.25) is 9.59 Å². The van der Waals surface area contributed by atoms with E-state index in [2.05, 4.69) is 15.6 Å². The number of anilines is 2. The number of halogens is 1. The first-order valence-corrected chi connectivity index (χ1v) is 12.3. The molecule has 0 radical (unpaired) electrons. The highest BCUT2D eigenvalue weighted by atomic mass is 35.5. The highest BCUT2D eigenvalue weighted by Crippen LogP contribution is 2.31. The molecule has 3 aromatic carbocycles. The number of carbonyl (C=O) groups is 2. The lowest BCUT2D eigenvalue weighted by atomic mass is 10.2. The van der Waals surface area contributed by atoms with Crippen LogP contribution in [-0.2, 0) is 4.79 Å². The van der Waals surface area contributed by atoms with Gasteiger partial charge in [0.05, 0.1) is 33.2 Å². The number of carbonyl (C=O) groups excluding carboxylic acids is 2. The molecule has 0 saturated heterocycles. The monoisotopic (exact) mass is 497 g/mol. The number of benzene rings is 3. The van der Waals surface area contributed by atoms with Crippen LogP contribution in [0.3, 0.4) is 0 Å². The van der Waals surface area contributed by atoms with Gasteiger partial charge in [0.15, 0.2) is 4.34 Å². The molecule has 2 N–H and O–H groups in total. The lowest BCUT2D eigenvalue weighted by Crippen LogP contribution is -2.13. The first-order valence-electron chi connectivity index (χ1n) is 10.1. The van der Waals surface area contributed by atoms with Gasteiger partial charge in [0, 0.05) is 11.4 Å². The molecule has 0 bridgehead atoms. The Morgan fingerprint density at radius 1 is 1.03 bits per heavy atom. The van der Waals surface area contributed by atoms with Crippen molar-refractivity contribution >= 4 is 68.1 Å². The van der Waals surface area contributed by atoms with Gasteiger partial charge in [-0.05, 0) is 61.5 Å². The molecule has 0 fully saturated rings. The number of thiazole rings is 1. The average molecular weight is 498 g/mol. The zero-order valence-electron chi connectivity index (χ0n) is 17.6. The molecule has 1 heterocycles. The van der Waals surface area contributed by atoms with E-state index in [1.807, 2.05) is 43.3 Å². The van der Waals surface area contributed by atoms with E-state index in [9.17, 15) is 9.59 Å². The third kappa shape index (κ3) is 6.04. The summed E-state index contributed by atoms with van der Waals surface area (Å²) in [6.45, 7) is 2.52. The summed E-state index contributed by atoms with van der Waals surface area (Å²) in [5.41, 5.74) is 2.59. The number of nitrogens with zero attached hydrogens (tertiary/aromatic N) is 1. The van der Waals surface area contributed by atoms with Crippen molar-refractivity contribution in [3.8, 4) is 5.75 Å². The van der Waals surface area contributed by atoms with Gasteiger partial charge in [0.25, 0.3) is 5.91 Å². The number of thioether (sulfide) groups is 1. The summed E-state index contributed by atoms with van der Waals surface area (Å²) < 4.78 is 7.10. The molecule has 0 aliphatic heterocycles. The van der Waals surface area contributed by atoms with Crippen molar-refractivity contribution in [1.29, 1.82) is 0 Å². The molecular weight excluding hydrogens is 478 g/mol. The van der Waals surface area contributed by atoms with Crippen molar-refractivity contribution < 1.29 is 14.3 Å². The second kappa shape index (κ2) is 10.7. The van der Waals surface area contributed by atoms with E-state index < -0.39 is 0 Å². The summed E-state index contributed by atoms with van der Waals surface area (Å²) in [6, 6.07) is 19.7. The highest BCUT2D eigenvalue weighted by Gasteiger charge is 2.12. The van der Waals surface area contributed by atoms with Gasteiger partial charge in [-0.25, -0.2) is 4.98 Å². The van der Waals surface area contributed by atoms with Crippen LogP contribution in [0.5, 0.6) is 5.75 Å². The Hall–Kier alpha value is -3.07. The molecule has 0 unspecified atom stereocenters. The first kappa shape index (κ1) is 23.1. The Kier molecular flexibility index (Phi) is 7.49. The molecule has 1 aromatic heterocycles. The predicted octanol–water partition coefficient (Wildman–Crippen LogP) is 6.33. The van der Waals surface area contributed by atoms with E-state index in [0.29, 0.717) is 28.6 Å². The minimum Gasteiger partial charge on any atom is -0.494 e. The maximum Gasteiger partial charge on any atom is 0.257 e. The van der Waals surface area contributed by atoms with Gasteiger partial charge >= 0.3 is 0 Å². The lowest BCUT2D eigenvalue weighted by molar-refractivity contribution is -0.113. The average Bonchev–Trinajstić information content (AvgIpc) is 3.22. The molecule has 0 aliphatic carbocycles. The summed E-state index contributed by atoms with van der Waals surface area (Å²) >= 11 is 8.95. The molecule has 0 aliphatic rings. The zero-order valence-corrected chi connectivity index (χ0v) is 20.0. The van der Waals surface area contributed by atoms with Crippen LogP contribution in [0.25, 0.3) is 10.2 Å². The Labute approximate surface area is 204 Å². The minimum atomic E-state index is -0.273. The van der Waals surface area contributed by atoms with Crippen LogP contribution < -0.4 is 15.4 Å². The summed E-state index contributed by atoms with van der Waals surface area (Å²) in [4.78, 5) is 29.4. The predicted molar refractivity (Wildman–Crippen MR) is 136 cm³/mol. The van der Waals surface area contributed by atoms with Crippen molar-refractivity contribution in [3.05, 3.63) is 77.3 Å². The molecule has 4 aromatic rings. The molecule has 0 atom stereocenters. The number of rotatable bonds is 8. The van der Waals surface area contributed by atoms with Gasteiger partial charge < -0.3 is 15.4 Å². The number of fused-ring (bicyclic) bond motifs is 1. The molecule has 168 valence electrons. The molecule has 2 amide bonds. The highest BCUT2D eigenvalue weighted by molar-refractivity contribution is 8.01. The van der Waals surface area contributed by atoms with Crippen LogP contribution in [0.4, 0.5) is 11.4 Å². The molecule has 33 heavy (non-hydrogen) atoms.